The number of benzene rings is 1. The standard InChI is InChI=1S/C24H24FN3O3/c25-18-4-1-3-15(11-18)13-28-21-14-27(22(29)12-16-9-17(10-16)24(30)31)8-6-19(21)20-5-2-7-26-23(20)28/h1-5,7,11,16-17H,6,8-10,12-14H2,(H,30,31). The highest BCUT2D eigenvalue weighted by atomic mass is 19.1. The van der Waals surface area contributed by atoms with Gasteiger partial charge in [-0.25, -0.2) is 9.37 Å². The predicted octanol–water partition coefficient (Wildman–Crippen LogP) is 3.61. The van der Waals surface area contributed by atoms with Gasteiger partial charge in [-0.15, -0.1) is 0 Å². The Morgan fingerprint density at radius 2 is 2.03 bits per heavy atom. The number of hydrogen-bond acceptors (Lipinski definition) is 3. The summed E-state index contributed by atoms with van der Waals surface area (Å²) >= 11 is 0. The Balaban J connectivity index is 1.39. The van der Waals surface area contributed by atoms with Crippen LogP contribution in [0.25, 0.3) is 11.0 Å². The molecule has 160 valence electrons. The van der Waals surface area contributed by atoms with E-state index in [1.54, 1.807) is 12.3 Å². The summed E-state index contributed by atoms with van der Waals surface area (Å²) in [4.78, 5) is 30.4. The van der Waals surface area contributed by atoms with Gasteiger partial charge in [0, 0.05) is 36.8 Å². The van der Waals surface area contributed by atoms with Crippen molar-refractivity contribution < 1.29 is 19.1 Å². The van der Waals surface area contributed by atoms with Crippen LogP contribution in [0.5, 0.6) is 0 Å². The zero-order valence-electron chi connectivity index (χ0n) is 17.1. The number of rotatable bonds is 5. The fourth-order valence-electron chi connectivity index (χ4n) is 4.94. The molecule has 5 rings (SSSR count). The van der Waals surface area contributed by atoms with Crippen LogP contribution >= 0.6 is 0 Å². The molecule has 0 bridgehead atoms. The fourth-order valence-corrected chi connectivity index (χ4v) is 4.94. The monoisotopic (exact) mass is 421 g/mol. The van der Waals surface area contributed by atoms with Crippen LogP contribution in [0.2, 0.25) is 0 Å². The lowest BCUT2D eigenvalue weighted by atomic mass is 9.73. The maximum atomic E-state index is 13.7. The van der Waals surface area contributed by atoms with Gasteiger partial charge in [0.05, 0.1) is 12.5 Å². The highest BCUT2D eigenvalue weighted by molar-refractivity contribution is 5.84. The first-order valence-electron chi connectivity index (χ1n) is 10.7. The number of aromatic nitrogens is 2. The lowest BCUT2D eigenvalue weighted by Crippen LogP contribution is -2.40. The number of carboxylic acids is 1. The Bertz CT molecular complexity index is 1170. The molecule has 1 aliphatic heterocycles. The van der Waals surface area contributed by atoms with E-state index in [1.807, 2.05) is 17.0 Å². The molecule has 2 aromatic heterocycles. The van der Waals surface area contributed by atoms with Crippen LogP contribution in [0.15, 0.2) is 42.6 Å². The van der Waals surface area contributed by atoms with E-state index in [-0.39, 0.29) is 23.6 Å². The van der Waals surface area contributed by atoms with E-state index in [4.69, 9.17) is 5.11 Å². The quantitative estimate of drug-likeness (QED) is 0.683. The number of pyridine rings is 1. The lowest BCUT2D eigenvalue weighted by Gasteiger charge is -2.35. The lowest BCUT2D eigenvalue weighted by molar-refractivity contribution is -0.148. The van der Waals surface area contributed by atoms with Gasteiger partial charge in [-0.05, 0) is 60.6 Å². The number of carbonyl (C=O) groups excluding carboxylic acids is 1. The maximum absolute atomic E-state index is 13.7. The number of carbonyl (C=O) groups is 2. The van der Waals surface area contributed by atoms with Crippen molar-refractivity contribution in [3.05, 3.63) is 65.2 Å². The van der Waals surface area contributed by atoms with Gasteiger partial charge in [-0.2, -0.15) is 0 Å². The highest BCUT2D eigenvalue weighted by Crippen LogP contribution is 2.37. The molecule has 0 saturated heterocycles. The van der Waals surface area contributed by atoms with Crippen LogP contribution in [0.4, 0.5) is 4.39 Å². The van der Waals surface area contributed by atoms with Crippen LogP contribution in [0.1, 0.15) is 36.1 Å². The minimum absolute atomic E-state index is 0.0787. The number of carboxylic acid groups (broad SMARTS) is 1. The molecule has 1 amide bonds. The summed E-state index contributed by atoms with van der Waals surface area (Å²) in [5.74, 6) is -1.09. The minimum Gasteiger partial charge on any atom is -0.481 e. The van der Waals surface area contributed by atoms with Crippen molar-refractivity contribution in [1.82, 2.24) is 14.5 Å². The molecule has 0 atom stereocenters. The first-order chi connectivity index (χ1) is 15.0. The molecular weight excluding hydrogens is 397 g/mol. The van der Waals surface area contributed by atoms with Gasteiger partial charge in [0.15, 0.2) is 0 Å². The Morgan fingerprint density at radius 1 is 1.19 bits per heavy atom. The van der Waals surface area contributed by atoms with E-state index >= 15 is 0 Å². The first kappa shape index (κ1) is 19.7. The zero-order valence-corrected chi connectivity index (χ0v) is 17.1. The van der Waals surface area contributed by atoms with Gasteiger partial charge in [0.2, 0.25) is 5.91 Å². The average molecular weight is 421 g/mol. The van der Waals surface area contributed by atoms with Crippen LogP contribution in [0.3, 0.4) is 0 Å². The summed E-state index contributed by atoms with van der Waals surface area (Å²) in [5.41, 5.74) is 3.96. The van der Waals surface area contributed by atoms with Crippen LogP contribution in [-0.4, -0.2) is 38.0 Å². The summed E-state index contributed by atoms with van der Waals surface area (Å²) in [5, 5.41) is 10.1. The molecule has 31 heavy (non-hydrogen) atoms. The topological polar surface area (TPSA) is 75.4 Å². The highest BCUT2D eigenvalue weighted by Gasteiger charge is 2.37. The predicted molar refractivity (Wildman–Crippen MR) is 113 cm³/mol. The number of hydrogen-bond donors (Lipinski definition) is 1. The molecule has 3 heterocycles. The van der Waals surface area contributed by atoms with Gasteiger partial charge < -0.3 is 14.6 Å². The molecule has 1 aliphatic carbocycles. The third kappa shape index (κ3) is 3.69. The van der Waals surface area contributed by atoms with E-state index in [0.29, 0.717) is 38.9 Å². The second-order valence-corrected chi connectivity index (χ2v) is 8.66. The van der Waals surface area contributed by atoms with Gasteiger partial charge in [-0.1, -0.05) is 12.1 Å². The van der Waals surface area contributed by atoms with E-state index < -0.39 is 5.97 Å². The minimum atomic E-state index is -0.763. The van der Waals surface area contributed by atoms with E-state index in [0.717, 1.165) is 28.7 Å². The number of halogens is 1. The molecule has 7 heteroatoms. The molecule has 2 aliphatic rings. The molecule has 3 aromatic rings. The van der Waals surface area contributed by atoms with Crippen molar-refractivity contribution >= 4 is 22.9 Å². The molecule has 1 aromatic carbocycles. The number of fused-ring (bicyclic) bond motifs is 3. The van der Waals surface area contributed by atoms with E-state index in [1.165, 1.54) is 17.7 Å². The largest absolute Gasteiger partial charge is 0.481 e. The van der Waals surface area contributed by atoms with E-state index in [2.05, 4.69) is 15.6 Å². The van der Waals surface area contributed by atoms with Crippen LogP contribution in [-0.2, 0) is 29.1 Å². The molecule has 6 nitrogen and oxygen atoms in total. The van der Waals surface area contributed by atoms with Gasteiger partial charge in [0.25, 0.3) is 0 Å². The molecule has 1 fully saturated rings. The summed E-state index contributed by atoms with van der Waals surface area (Å²) in [6, 6.07) is 10.5. The van der Waals surface area contributed by atoms with Crippen LogP contribution in [0, 0.1) is 17.7 Å². The van der Waals surface area contributed by atoms with Gasteiger partial charge in [0.1, 0.15) is 11.5 Å². The molecule has 0 radical (unpaired) electrons. The summed E-state index contributed by atoms with van der Waals surface area (Å²) in [7, 11) is 0. The molecule has 1 N–H and O–H groups in total. The molecular formula is C24H24FN3O3. The number of nitrogens with zero attached hydrogens (tertiary/aromatic N) is 3. The molecule has 0 spiro atoms. The van der Waals surface area contributed by atoms with Crippen molar-refractivity contribution in [1.29, 1.82) is 0 Å². The van der Waals surface area contributed by atoms with Crippen molar-refractivity contribution in [2.45, 2.75) is 38.8 Å². The Morgan fingerprint density at radius 3 is 2.81 bits per heavy atom. The summed E-state index contributed by atoms with van der Waals surface area (Å²) in [6.07, 6.45) is 4.09. The SMILES string of the molecule is O=C(O)C1CC(CC(=O)N2CCc3c(n(Cc4cccc(F)c4)c4ncccc34)C2)C1. The smallest absolute Gasteiger partial charge is 0.306 e. The van der Waals surface area contributed by atoms with E-state index in [9.17, 15) is 14.0 Å². The summed E-state index contributed by atoms with van der Waals surface area (Å²) in [6.45, 7) is 1.63. The Kier molecular flexibility index (Phi) is 4.96. The Hall–Kier alpha value is -3.22. The molecule has 1 saturated carbocycles. The number of aliphatic carboxylic acids is 1. The van der Waals surface area contributed by atoms with Crippen molar-refractivity contribution in [2.24, 2.45) is 11.8 Å². The van der Waals surface area contributed by atoms with Gasteiger partial charge in [-0.3, -0.25) is 9.59 Å². The summed E-state index contributed by atoms with van der Waals surface area (Å²) < 4.78 is 15.8. The molecule has 0 unspecified atom stereocenters. The third-order valence-electron chi connectivity index (χ3n) is 6.64. The Labute approximate surface area is 179 Å². The van der Waals surface area contributed by atoms with Crippen molar-refractivity contribution in [2.75, 3.05) is 6.54 Å². The van der Waals surface area contributed by atoms with Crippen molar-refractivity contribution in [3.63, 3.8) is 0 Å². The third-order valence-corrected chi connectivity index (χ3v) is 6.64. The first-order valence-corrected chi connectivity index (χ1v) is 10.7. The average Bonchev–Trinajstić information content (AvgIpc) is 3.03. The number of amides is 1. The second kappa shape index (κ2) is 7.80. The van der Waals surface area contributed by atoms with Crippen LogP contribution < -0.4 is 0 Å². The van der Waals surface area contributed by atoms with Crippen molar-refractivity contribution in [3.8, 4) is 0 Å². The zero-order chi connectivity index (χ0) is 21.5. The normalized spacial score (nSPS) is 20.4. The van der Waals surface area contributed by atoms with Gasteiger partial charge >= 0.3 is 5.97 Å². The fraction of sp³-hybridized carbons (Fsp3) is 0.375. The maximum Gasteiger partial charge on any atom is 0.306 e. The second-order valence-electron chi connectivity index (χ2n) is 8.66.